The number of carbonyl (C=O) groups excluding carboxylic acids is 1. The van der Waals surface area contributed by atoms with Crippen LogP contribution in [-0.2, 0) is 38.4 Å². The Morgan fingerprint density at radius 1 is 1.05 bits per heavy atom. The van der Waals surface area contributed by atoms with Gasteiger partial charge in [-0.3, -0.25) is 9.00 Å². The monoisotopic (exact) mass is 599 g/mol. The van der Waals surface area contributed by atoms with E-state index in [2.05, 4.69) is 15.3 Å². The predicted molar refractivity (Wildman–Crippen MR) is 124 cm³/mol. The lowest BCUT2D eigenvalue weighted by molar-refractivity contribution is -0.276. The molecule has 1 heterocycles. The Morgan fingerprint density at radius 3 is 2.05 bits per heavy atom. The van der Waals surface area contributed by atoms with Crippen LogP contribution in [0.25, 0.3) is 0 Å². The van der Waals surface area contributed by atoms with Gasteiger partial charge in [0.15, 0.2) is 0 Å². The summed E-state index contributed by atoms with van der Waals surface area (Å²) in [6, 6.07) is 6.18. The standard InChI is InChI=1S/C24H18F9N3O3S/c1-2-40(38)19(7-8-34)20(37)35-17-5-3-13(4-6-17)18-12-21(39-36-18,24(31,32)33)14-9-15(22(25,26)27)11-16(10-14)23(28,29)30/h3-6,9-11,19H,2,7,12H2,1H3,(H,35,37). The minimum atomic E-state index is -5.48. The molecule has 0 fully saturated rings. The summed E-state index contributed by atoms with van der Waals surface area (Å²) in [5.74, 6) is -0.632. The third-order valence-corrected chi connectivity index (χ3v) is 7.48. The van der Waals surface area contributed by atoms with Gasteiger partial charge in [-0.1, -0.05) is 24.2 Å². The highest BCUT2D eigenvalue weighted by atomic mass is 32.2. The smallest absolute Gasteiger partial charge is 0.374 e. The first-order valence-electron chi connectivity index (χ1n) is 11.2. The number of oxime groups is 1. The Kier molecular flexibility index (Phi) is 8.59. The van der Waals surface area contributed by atoms with Crippen molar-refractivity contribution in [2.24, 2.45) is 5.16 Å². The first kappa shape index (κ1) is 30.9. The lowest BCUT2D eigenvalue weighted by Gasteiger charge is -2.30. The number of alkyl halides is 9. The molecule has 0 bridgehead atoms. The van der Waals surface area contributed by atoms with E-state index in [1.54, 1.807) is 13.0 Å². The number of nitriles is 1. The first-order chi connectivity index (χ1) is 18.4. The van der Waals surface area contributed by atoms with Crippen LogP contribution in [-0.4, -0.2) is 33.0 Å². The average molecular weight is 599 g/mol. The summed E-state index contributed by atoms with van der Waals surface area (Å²) >= 11 is 0. The Bertz CT molecular complexity index is 1330. The molecule has 0 spiro atoms. The van der Waals surface area contributed by atoms with Gasteiger partial charge >= 0.3 is 18.5 Å². The second-order valence-corrected chi connectivity index (χ2v) is 10.4. The van der Waals surface area contributed by atoms with Crippen molar-refractivity contribution in [2.45, 2.75) is 49.1 Å². The fourth-order valence-electron chi connectivity index (χ4n) is 3.80. The molecule has 16 heteroatoms. The number of hydrogen-bond acceptors (Lipinski definition) is 5. The van der Waals surface area contributed by atoms with Crippen LogP contribution in [0, 0.1) is 11.3 Å². The third kappa shape index (κ3) is 6.40. The quantitative estimate of drug-likeness (QED) is 0.379. The molecule has 216 valence electrons. The van der Waals surface area contributed by atoms with Crippen molar-refractivity contribution in [3.05, 3.63) is 64.7 Å². The molecule has 2 aromatic rings. The fourth-order valence-corrected chi connectivity index (χ4v) is 4.76. The van der Waals surface area contributed by atoms with E-state index in [-0.39, 0.29) is 41.6 Å². The molecule has 0 aromatic heterocycles. The Balaban J connectivity index is 1.93. The van der Waals surface area contributed by atoms with Gasteiger partial charge in [-0.05, 0) is 35.9 Å². The lowest BCUT2D eigenvalue weighted by atomic mass is 9.84. The van der Waals surface area contributed by atoms with Crippen LogP contribution >= 0.6 is 0 Å². The van der Waals surface area contributed by atoms with Crippen molar-refractivity contribution in [3.8, 4) is 6.07 Å². The van der Waals surface area contributed by atoms with Gasteiger partial charge in [-0.25, -0.2) is 0 Å². The number of hydrogen-bond donors (Lipinski definition) is 1. The van der Waals surface area contributed by atoms with E-state index in [0.29, 0.717) is 0 Å². The average Bonchev–Trinajstić information content (AvgIpc) is 3.33. The summed E-state index contributed by atoms with van der Waals surface area (Å²) in [4.78, 5) is 17.0. The van der Waals surface area contributed by atoms with E-state index < -0.39 is 74.9 Å². The minimum absolute atomic E-state index is 0.0298. The number of nitrogens with zero attached hydrogens (tertiary/aromatic N) is 2. The van der Waals surface area contributed by atoms with Crippen LogP contribution in [0.2, 0.25) is 0 Å². The number of nitrogens with one attached hydrogen (secondary N) is 1. The van der Waals surface area contributed by atoms with Crippen LogP contribution in [0.4, 0.5) is 45.2 Å². The molecule has 1 aliphatic heterocycles. The summed E-state index contributed by atoms with van der Waals surface area (Å²) in [6.07, 6.45) is -17.8. The zero-order valence-electron chi connectivity index (χ0n) is 20.2. The van der Waals surface area contributed by atoms with Crippen molar-refractivity contribution >= 4 is 28.1 Å². The van der Waals surface area contributed by atoms with E-state index in [0.717, 1.165) is 0 Å². The molecule has 3 unspecified atom stereocenters. The molecule has 2 aromatic carbocycles. The number of carbonyl (C=O) groups is 1. The number of halogens is 9. The van der Waals surface area contributed by atoms with Gasteiger partial charge in [0, 0.05) is 34.2 Å². The summed E-state index contributed by atoms with van der Waals surface area (Å²) < 4.78 is 134. The zero-order chi connectivity index (χ0) is 30.1. The zero-order valence-corrected chi connectivity index (χ0v) is 21.0. The second-order valence-electron chi connectivity index (χ2n) is 8.51. The normalized spacial score (nSPS) is 19.3. The molecule has 0 saturated carbocycles. The van der Waals surface area contributed by atoms with E-state index in [1.807, 2.05) is 0 Å². The Labute approximate surface area is 223 Å². The number of benzene rings is 2. The highest BCUT2D eigenvalue weighted by molar-refractivity contribution is 7.86. The van der Waals surface area contributed by atoms with Crippen LogP contribution in [0.1, 0.15) is 42.0 Å². The van der Waals surface area contributed by atoms with Crippen LogP contribution < -0.4 is 5.32 Å². The highest BCUT2D eigenvalue weighted by Gasteiger charge is 2.63. The molecule has 1 amide bonds. The lowest BCUT2D eigenvalue weighted by Crippen LogP contribution is -2.43. The van der Waals surface area contributed by atoms with Gasteiger partial charge in [0.1, 0.15) is 5.25 Å². The van der Waals surface area contributed by atoms with Gasteiger partial charge in [-0.15, -0.1) is 0 Å². The maximum absolute atomic E-state index is 14.2. The molecule has 1 N–H and O–H groups in total. The van der Waals surface area contributed by atoms with E-state index in [1.165, 1.54) is 24.3 Å². The molecule has 0 saturated heterocycles. The summed E-state index contributed by atoms with van der Waals surface area (Å²) in [6.45, 7) is 1.55. The summed E-state index contributed by atoms with van der Waals surface area (Å²) in [7, 11) is -1.64. The topological polar surface area (TPSA) is 91.5 Å². The maximum atomic E-state index is 14.2. The molecule has 0 aliphatic carbocycles. The van der Waals surface area contributed by atoms with Crippen molar-refractivity contribution in [1.29, 1.82) is 5.26 Å². The van der Waals surface area contributed by atoms with E-state index in [9.17, 15) is 48.5 Å². The van der Waals surface area contributed by atoms with Crippen molar-refractivity contribution in [2.75, 3.05) is 11.1 Å². The number of anilines is 1. The maximum Gasteiger partial charge on any atom is 0.435 e. The predicted octanol–water partition coefficient (Wildman–Crippen LogP) is 6.30. The summed E-state index contributed by atoms with van der Waals surface area (Å²) in [5.41, 5.74) is -9.33. The molecule has 0 radical (unpaired) electrons. The Morgan fingerprint density at radius 2 is 1.60 bits per heavy atom. The van der Waals surface area contributed by atoms with E-state index >= 15 is 0 Å². The highest BCUT2D eigenvalue weighted by Crippen LogP contribution is 2.50. The first-order valence-corrected chi connectivity index (χ1v) is 12.6. The molecular weight excluding hydrogens is 581 g/mol. The number of rotatable bonds is 7. The van der Waals surface area contributed by atoms with Gasteiger partial charge in [0.05, 0.1) is 29.3 Å². The molecule has 1 aliphatic rings. The molecule has 3 rings (SSSR count). The fraction of sp³-hybridized carbons (Fsp3) is 0.375. The minimum Gasteiger partial charge on any atom is -0.374 e. The van der Waals surface area contributed by atoms with Gasteiger partial charge in [0.25, 0.3) is 5.60 Å². The molecule has 3 atom stereocenters. The van der Waals surface area contributed by atoms with Gasteiger partial charge in [0.2, 0.25) is 5.91 Å². The van der Waals surface area contributed by atoms with Crippen molar-refractivity contribution < 1.29 is 53.4 Å². The largest absolute Gasteiger partial charge is 0.435 e. The SMILES string of the molecule is CCS(=O)C(CC#N)C(=O)Nc1ccc(C2=NOC(c3cc(C(F)(F)F)cc(C(F)(F)F)c3)(C(F)(F)F)C2)cc1. The number of amides is 1. The third-order valence-electron chi connectivity index (χ3n) is 5.90. The van der Waals surface area contributed by atoms with Gasteiger partial charge in [-0.2, -0.15) is 44.8 Å². The molecular formula is C24H18F9N3O3S. The summed E-state index contributed by atoms with van der Waals surface area (Å²) in [5, 5.41) is 13.5. The van der Waals surface area contributed by atoms with Crippen LogP contribution in [0.3, 0.4) is 0 Å². The molecule has 40 heavy (non-hydrogen) atoms. The van der Waals surface area contributed by atoms with Crippen molar-refractivity contribution in [1.82, 2.24) is 0 Å². The molecule has 6 nitrogen and oxygen atoms in total. The van der Waals surface area contributed by atoms with Gasteiger partial charge < -0.3 is 10.2 Å². The van der Waals surface area contributed by atoms with Crippen molar-refractivity contribution in [3.63, 3.8) is 0 Å². The van der Waals surface area contributed by atoms with E-state index in [4.69, 9.17) is 5.26 Å². The van der Waals surface area contributed by atoms with Crippen LogP contribution in [0.5, 0.6) is 0 Å². The van der Waals surface area contributed by atoms with Crippen LogP contribution in [0.15, 0.2) is 47.6 Å². The Hall–Kier alpha value is -3.61. The second kappa shape index (κ2) is 11.1.